The van der Waals surface area contributed by atoms with Gasteiger partial charge in [-0.05, 0) is 58.5 Å². The van der Waals surface area contributed by atoms with Gasteiger partial charge in [0.1, 0.15) is 5.60 Å². The van der Waals surface area contributed by atoms with Crippen molar-refractivity contribution in [3.63, 3.8) is 0 Å². The highest BCUT2D eigenvalue weighted by Gasteiger charge is 2.33. The zero-order valence-corrected chi connectivity index (χ0v) is 13.9. The standard InChI is InChI=1S/C17H32N2O2/c1-17(2,3)21-16(20)19-15-10-12-18-11-9-14(15)13-7-5-4-6-8-13/h13-15,18H,4-12H2,1-3H3,(H,19,20). The number of hydrogen-bond donors (Lipinski definition) is 2. The molecule has 4 nitrogen and oxygen atoms in total. The molecule has 2 aliphatic rings. The molecule has 1 saturated carbocycles. The molecule has 21 heavy (non-hydrogen) atoms. The number of rotatable bonds is 2. The van der Waals surface area contributed by atoms with Crippen molar-refractivity contribution in [1.82, 2.24) is 10.6 Å². The Morgan fingerprint density at radius 1 is 1.05 bits per heavy atom. The minimum absolute atomic E-state index is 0.254. The highest BCUT2D eigenvalue weighted by molar-refractivity contribution is 5.68. The van der Waals surface area contributed by atoms with E-state index in [0.717, 1.165) is 25.4 Å². The molecule has 0 aromatic heterocycles. The predicted molar refractivity (Wildman–Crippen MR) is 85.3 cm³/mol. The van der Waals surface area contributed by atoms with Gasteiger partial charge >= 0.3 is 6.09 Å². The van der Waals surface area contributed by atoms with Crippen LogP contribution in [0.4, 0.5) is 4.79 Å². The lowest BCUT2D eigenvalue weighted by molar-refractivity contribution is 0.0462. The average Bonchev–Trinajstić information content (AvgIpc) is 2.63. The Morgan fingerprint density at radius 2 is 1.71 bits per heavy atom. The molecule has 122 valence electrons. The van der Waals surface area contributed by atoms with Crippen molar-refractivity contribution in [2.24, 2.45) is 11.8 Å². The fourth-order valence-corrected chi connectivity index (χ4v) is 3.83. The summed E-state index contributed by atoms with van der Waals surface area (Å²) >= 11 is 0. The topological polar surface area (TPSA) is 50.4 Å². The molecule has 0 bridgehead atoms. The van der Waals surface area contributed by atoms with Crippen molar-refractivity contribution >= 4 is 6.09 Å². The van der Waals surface area contributed by atoms with Gasteiger partial charge < -0.3 is 15.4 Å². The van der Waals surface area contributed by atoms with E-state index in [0.29, 0.717) is 5.92 Å². The van der Waals surface area contributed by atoms with Gasteiger partial charge in [-0.3, -0.25) is 0 Å². The lowest BCUT2D eigenvalue weighted by atomic mass is 9.75. The van der Waals surface area contributed by atoms with E-state index >= 15 is 0 Å². The lowest BCUT2D eigenvalue weighted by Gasteiger charge is -2.35. The maximum Gasteiger partial charge on any atom is 0.407 e. The summed E-state index contributed by atoms with van der Waals surface area (Å²) in [6.07, 6.45) is 8.68. The molecule has 1 heterocycles. The SMILES string of the molecule is CC(C)(C)OC(=O)NC1CCNCCC1C1CCCCC1. The number of hydrogen-bond acceptors (Lipinski definition) is 3. The maximum atomic E-state index is 12.1. The molecule has 0 aromatic rings. The molecule has 2 unspecified atom stereocenters. The van der Waals surface area contributed by atoms with Crippen molar-refractivity contribution in [2.45, 2.75) is 77.4 Å². The van der Waals surface area contributed by atoms with Crippen LogP contribution in [0.2, 0.25) is 0 Å². The van der Waals surface area contributed by atoms with E-state index in [1.54, 1.807) is 0 Å². The lowest BCUT2D eigenvalue weighted by Crippen LogP contribution is -2.45. The molecule has 0 aromatic carbocycles. The van der Waals surface area contributed by atoms with Gasteiger partial charge in [-0.1, -0.05) is 32.1 Å². The van der Waals surface area contributed by atoms with Crippen LogP contribution in [-0.2, 0) is 4.74 Å². The highest BCUT2D eigenvalue weighted by Crippen LogP contribution is 2.35. The summed E-state index contributed by atoms with van der Waals surface area (Å²) in [6.45, 7) is 7.82. The van der Waals surface area contributed by atoms with Gasteiger partial charge in [0.05, 0.1) is 0 Å². The van der Waals surface area contributed by atoms with Crippen LogP contribution in [0.15, 0.2) is 0 Å². The summed E-state index contributed by atoms with van der Waals surface area (Å²) in [6, 6.07) is 0.262. The molecule has 4 heteroatoms. The quantitative estimate of drug-likeness (QED) is 0.820. The van der Waals surface area contributed by atoms with E-state index in [-0.39, 0.29) is 12.1 Å². The third-order valence-electron chi connectivity index (χ3n) is 4.76. The zero-order chi connectivity index (χ0) is 15.3. The first kappa shape index (κ1) is 16.6. The molecular weight excluding hydrogens is 264 g/mol. The number of ether oxygens (including phenoxy) is 1. The Morgan fingerprint density at radius 3 is 2.38 bits per heavy atom. The number of carbonyl (C=O) groups is 1. The molecule has 2 atom stereocenters. The first-order valence-corrected chi connectivity index (χ1v) is 8.66. The number of amides is 1. The Hall–Kier alpha value is -0.770. The number of alkyl carbamates (subject to hydrolysis) is 1. The third kappa shape index (κ3) is 5.50. The van der Waals surface area contributed by atoms with Crippen molar-refractivity contribution in [1.29, 1.82) is 0 Å². The Balaban J connectivity index is 1.96. The van der Waals surface area contributed by atoms with E-state index in [9.17, 15) is 4.79 Å². The van der Waals surface area contributed by atoms with Gasteiger partial charge in [0, 0.05) is 6.04 Å². The zero-order valence-electron chi connectivity index (χ0n) is 13.9. The van der Waals surface area contributed by atoms with Crippen molar-refractivity contribution in [3.8, 4) is 0 Å². The first-order chi connectivity index (χ1) is 9.96. The molecule has 2 N–H and O–H groups in total. The monoisotopic (exact) mass is 296 g/mol. The molecule has 1 aliphatic heterocycles. The summed E-state index contributed by atoms with van der Waals surface area (Å²) in [4.78, 5) is 12.1. The van der Waals surface area contributed by atoms with Crippen LogP contribution in [0, 0.1) is 11.8 Å². The molecule has 1 saturated heterocycles. The predicted octanol–water partition coefficient (Wildman–Crippen LogP) is 3.46. The molecular formula is C17H32N2O2. The van der Waals surface area contributed by atoms with E-state index < -0.39 is 5.60 Å². The van der Waals surface area contributed by atoms with E-state index in [4.69, 9.17) is 4.74 Å². The van der Waals surface area contributed by atoms with E-state index in [1.807, 2.05) is 20.8 Å². The number of nitrogens with one attached hydrogen (secondary N) is 2. The van der Waals surface area contributed by atoms with Crippen LogP contribution in [-0.4, -0.2) is 30.8 Å². The van der Waals surface area contributed by atoms with Gasteiger partial charge in [-0.2, -0.15) is 0 Å². The maximum absolute atomic E-state index is 12.1. The molecule has 0 spiro atoms. The Kier molecular flexibility index (Phi) is 5.91. The normalized spacial score (nSPS) is 28.7. The Bertz CT molecular complexity index is 332. The largest absolute Gasteiger partial charge is 0.444 e. The second-order valence-corrected chi connectivity index (χ2v) is 7.64. The second kappa shape index (κ2) is 7.48. The van der Waals surface area contributed by atoms with Crippen LogP contribution >= 0.6 is 0 Å². The minimum atomic E-state index is -0.423. The van der Waals surface area contributed by atoms with Crippen LogP contribution in [0.5, 0.6) is 0 Å². The van der Waals surface area contributed by atoms with Crippen molar-refractivity contribution in [2.75, 3.05) is 13.1 Å². The Labute approximate surface area is 129 Å². The van der Waals surface area contributed by atoms with Crippen LogP contribution < -0.4 is 10.6 Å². The highest BCUT2D eigenvalue weighted by atomic mass is 16.6. The van der Waals surface area contributed by atoms with E-state index in [2.05, 4.69) is 10.6 Å². The van der Waals surface area contributed by atoms with Crippen LogP contribution in [0.25, 0.3) is 0 Å². The number of carbonyl (C=O) groups excluding carboxylic acids is 1. The van der Waals surface area contributed by atoms with Crippen LogP contribution in [0.1, 0.15) is 65.7 Å². The van der Waals surface area contributed by atoms with Gasteiger partial charge in [-0.25, -0.2) is 4.79 Å². The van der Waals surface area contributed by atoms with Gasteiger partial charge in [-0.15, -0.1) is 0 Å². The summed E-state index contributed by atoms with van der Waals surface area (Å²) in [5.74, 6) is 1.38. The van der Waals surface area contributed by atoms with Crippen molar-refractivity contribution < 1.29 is 9.53 Å². The summed E-state index contributed by atoms with van der Waals surface area (Å²) in [7, 11) is 0. The summed E-state index contributed by atoms with van der Waals surface area (Å²) in [5.41, 5.74) is -0.423. The van der Waals surface area contributed by atoms with Crippen molar-refractivity contribution in [3.05, 3.63) is 0 Å². The molecule has 1 amide bonds. The van der Waals surface area contributed by atoms with E-state index in [1.165, 1.54) is 38.5 Å². The summed E-state index contributed by atoms with van der Waals surface area (Å²) < 4.78 is 5.45. The van der Waals surface area contributed by atoms with Gasteiger partial charge in [0.25, 0.3) is 0 Å². The van der Waals surface area contributed by atoms with Gasteiger partial charge in [0.2, 0.25) is 0 Å². The van der Waals surface area contributed by atoms with Gasteiger partial charge in [0.15, 0.2) is 0 Å². The fourth-order valence-electron chi connectivity index (χ4n) is 3.83. The fraction of sp³-hybridized carbons (Fsp3) is 0.941. The minimum Gasteiger partial charge on any atom is -0.444 e. The smallest absolute Gasteiger partial charge is 0.407 e. The third-order valence-corrected chi connectivity index (χ3v) is 4.76. The average molecular weight is 296 g/mol. The second-order valence-electron chi connectivity index (χ2n) is 7.64. The summed E-state index contributed by atoms with van der Waals surface area (Å²) in [5, 5.41) is 6.64. The van der Waals surface area contributed by atoms with Crippen LogP contribution in [0.3, 0.4) is 0 Å². The molecule has 2 fully saturated rings. The molecule has 0 radical (unpaired) electrons. The molecule has 2 rings (SSSR count). The first-order valence-electron chi connectivity index (χ1n) is 8.66. The molecule has 1 aliphatic carbocycles.